The lowest BCUT2D eigenvalue weighted by atomic mass is 9.30. The first-order valence-corrected chi connectivity index (χ1v) is 8.15. The normalized spacial score (nSPS) is 71.2. The molecule has 8 unspecified atom stereocenters. The molecular weight excluding hydrogens is 216 g/mol. The maximum Gasteiger partial charge on any atom is -0.0176 e. The molecule has 102 valence electrons. The predicted octanol–water partition coefficient (Wildman–Crippen LogP) is 4.99. The summed E-state index contributed by atoms with van der Waals surface area (Å²) >= 11 is 0. The van der Waals surface area contributed by atoms with Crippen LogP contribution in [-0.2, 0) is 0 Å². The van der Waals surface area contributed by atoms with Crippen LogP contribution in [0.5, 0.6) is 0 Å². The summed E-state index contributed by atoms with van der Waals surface area (Å²) in [7, 11) is 0. The first-order valence-electron chi connectivity index (χ1n) is 8.15. The van der Waals surface area contributed by atoms with Gasteiger partial charge < -0.3 is 0 Å². The van der Waals surface area contributed by atoms with E-state index in [1.165, 1.54) is 6.42 Å². The molecule has 4 aliphatic rings. The van der Waals surface area contributed by atoms with Crippen LogP contribution >= 0.6 is 0 Å². The topological polar surface area (TPSA) is 0 Å². The zero-order valence-electron chi connectivity index (χ0n) is 13.3. The molecule has 0 spiro atoms. The summed E-state index contributed by atoms with van der Waals surface area (Å²) in [6.45, 7) is 18.4. The molecule has 0 nitrogen and oxygen atoms in total. The van der Waals surface area contributed by atoms with E-state index in [1.807, 2.05) is 0 Å². The van der Waals surface area contributed by atoms with Crippen molar-refractivity contribution in [3.63, 3.8) is 0 Å². The van der Waals surface area contributed by atoms with Crippen LogP contribution in [0.15, 0.2) is 0 Å². The minimum Gasteiger partial charge on any atom is -0.0619 e. The third-order valence-electron chi connectivity index (χ3n) is 10.2. The van der Waals surface area contributed by atoms with Gasteiger partial charge >= 0.3 is 0 Å². The quantitative estimate of drug-likeness (QED) is 0.565. The van der Waals surface area contributed by atoms with E-state index in [-0.39, 0.29) is 0 Å². The Labute approximate surface area is 113 Å². The molecule has 4 aliphatic carbocycles. The van der Waals surface area contributed by atoms with Gasteiger partial charge in [0.2, 0.25) is 0 Å². The number of fused-ring (bicyclic) bond motifs is 4. The van der Waals surface area contributed by atoms with Crippen molar-refractivity contribution < 1.29 is 0 Å². The maximum absolute atomic E-state index is 2.67. The average Bonchev–Trinajstić information content (AvgIpc) is 2.34. The largest absolute Gasteiger partial charge is 0.0619 e. The van der Waals surface area contributed by atoms with Crippen LogP contribution < -0.4 is 0 Å². The lowest BCUT2D eigenvalue weighted by Gasteiger charge is -2.74. The Morgan fingerprint density at radius 1 is 0.833 bits per heavy atom. The minimum atomic E-state index is 0.515. The van der Waals surface area contributed by atoms with Crippen LogP contribution in [0.2, 0.25) is 0 Å². The fourth-order valence-corrected chi connectivity index (χ4v) is 8.58. The molecule has 0 aromatic heterocycles. The molecule has 4 saturated carbocycles. The zero-order valence-corrected chi connectivity index (χ0v) is 13.3. The van der Waals surface area contributed by atoms with E-state index in [4.69, 9.17) is 0 Å². The van der Waals surface area contributed by atoms with E-state index in [1.54, 1.807) is 6.42 Å². The van der Waals surface area contributed by atoms with Crippen LogP contribution in [0, 0.1) is 51.2 Å². The summed E-state index contributed by atoms with van der Waals surface area (Å²) in [5.74, 6) is 4.94. The van der Waals surface area contributed by atoms with Crippen molar-refractivity contribution in [2.75, 3.05) is 0 Å². The molecule has 0 aromatic rings. The molecule has 0 heteroatoms. The molecule has 0 radical (unpaired) electrons. The molecule has 0 amide bonds. The summed E-state index contributed by atoms with van der Waals surface area (Å²) < 4.78 is 0. The Morgan fingerprint density at radius 3 is 2.06 bits per heavy atom. The fraction of sp³-hybridized carbons (Fsp3) is 1.00. The standard InChI is InChI=1S/C18H30/c1-10-8-12-9-13-14-11(2)17(12,6)15(3,4)18(14,7)16(10,13)5/h10-14H,8-9H2,1-7H3. The van der Waals surface area contributed by atoms with Crippen LogP contribution in [0.1, 0.15) is 61.3 Å². The summed E-state index contributed by atoms with van der Waals surface area (Å²) in [6, 6.07) is 0. The average molecular weight is 246 g/mol. The molecule has 4 fully saturated rings. The first kappa shape index (κ1) is 11.8. The first-order chi connectivity index (χ1) is 8.15. The molecule has 0 aliphatic heterocycles. The summed E-state index contributed by atoms with van der Waals surface area (Å²) in [6.07, 6.45) is 3.05. The van der Waals surface area contributed by atoms with Gasteiger partial charge in [-0.05, 0) is 64.1 Å². The number of rotatable bonds is 0. The fourth-order valence-electron chi connectivity index (χ4n) is 8.58. The molecule has 18 heavy (non-hydrogen) atoms. The van der Waals surface area contributed by atoms with Crippen molar-refractivity contribution in [3.05, 3.63) is 0 Å². The number of hydrogen-bond donors (Lipinski definition) is 0. The third-order valence-corrected chi connectivity index (χ3v) is 10.2. The van der Waals surface area contributed by atoms with Crippen LogP contribution in [0.25, 0.3) is 0 Å². The SMILES string of the molecule is CC1C2C3CC4CC(C)C3(C)C2(C)C(C)(C)C41C. The second kappa shape index (κ2) is 2.59. The minimum absolute atomic E-state index is 0.515. The monoisotopic (exact) mass is 246 g/mol. The van der Waals surface area contributed by atoms with Crippen molar-refractivity contribution in [3.8, 4) is 0 Å². The van der Waals surface area contributed by atoms with Gasteiger partial charge in [0.15, 0.2) is 0 Å². The van der Waals surface area contributed by atoms with Crippen LogP contribution in [0.4, 0.5) is 0 Å². The molecule has 4 rings (SSSR count). The van der Waals surface area contributed by atoms with E-state index in [0.29, 0.717) is 21.7 Å². The molecule has 8 atom stereocenters. The molecule has 0 aromatic carbocycles. The van der Waals surface area contributed by atoms with Gasteiger partial charge in [-0.15, -0.1) is 0 Å². The van der Waals surface area contributed by atoms with Crippen molar-refractivity contribution in [1.82, 2.24) is 0 Å². The number of hydrogen-bond acceptors (Lipinski definition) is 0. The van der Waals surface area contributed by atoms with Gasteiger partial charge in [0.1, 0.15) is 0 Å². The Hall–Kier alpha value is 0. The van der Waals surface area contributed by atoms with Gasteiger partial charge in [-0.2, -0.15) is 0 Å². The van der Waals surface area contributed by atoms with Crippen LogP contribution in [0.3, 0.4) is 0 Å². The zero-order chi connectivity index (χ0) is 13.3. The summed E-state index contributed by atoms with van der Waals surface area (Å²) in [4.78, 5) is 0. The van der Waals surface area contributed by atoms with Gasteiger partial charge in [0.05, 0.1) is 0 Å². The summed E-state index contributed by atoms with van der Waals surface area (Å²) in [5, 5.41) is 0. The highest BCUT2D eigenvalue weighted by Crippen LogP contribution is 2.92. The van der Waals surface area contributed by atoms with Crippen molar-refractivity contribution >= 4 is 0 Å². The smallest absolute Gasteiger partial charge is 0.0176 e. The Bertz CT molecular complexity index is 433. The summed E-state index contributed by atoms with van der Waals surface area (Å²) in [5.41, 5.74) is 2.32. The van der Waals surface area contributed by atoms with Crippen LogP contribution in [-0.4, -0.2) is 0 Å². The molecule has 4 bridgehead atoms. The third kappa shape index (κ3) is 0.676. The molecule has 0 saturated heterocycles. The van der Waals surface area contributed by atoms with E-state index >= 15 is 0 Å². The molecule has 0 heterocycles. The Morgan fingerprint density at radius 2 is 1.44 bits per heavy atom. The Kier molecular flexibility index (Phi) is 1.70. The van der Waals surface area contributed by atoms with Crippen molar-refractivity contribution in [2.24, 2.45) is 51.2 Å². The highest BCUT2D eigenvalue weighted by molar-refractivity contribution is 5.34. The lowest BCUT2D eigenvalue weighted by Crippen LogP contribution is -2.69. The highest BCUT2D eigenvalue weighted by atomic mass is 14.9. The van der Waals surface area contributed by atoms with E-state index in [9.17, 15) is 0 Å². The van der Waals surface area contributed by atoms with Gasteiger partial charge in [-0.25, -0.2) is 0 Å². The van der Waals surface area contributed by atoms with Gasteiger partial charge in [-0.3, -0.25) is 0 Å². The highest BCUT2D eigenvalue weighted by Gasteiger charge is 2.87. The van der Waals surface area contributed by atoms with Crippen molar-refractivity contribution in [2.45, 2.75) is 61.3 Å². The lowest BCUT2D eigenvalue weighted by molar-refractivity contribution is -0.263. The Balaban J connectivity index is 2.05. The molecular formula is C18H30. The van der Waals surface area contributed by atoms with Gasteiger partial charge in [0.25, 0.3) is 0 Å². The van der Waals surface area contributed by atoms with Crippen molar-refractivity contribution in [1.29, 1.82) is 0 Å². The van der Waals surface area contributed by atoms with Gasteiger partial charge in [-0.1, -0.05) is 48.5 Å². The second-order valence-electron chi connectivity index (χ2n) is 9.38. The van der Waals surface area contributed by atoms with E-state index in [0.717, 1.165) is 29.6 Å². The predicted molar refractivity (Wildman–Crippen MR) is 76.1 cm³/mol. The maximum atomic E-state index is 2.67. The second-order valence-corrected chi connectivity index (χ2v) is 9.38. The van der Waals surface area contributed by atoms with E-state index < -0.39 is 0 Å². The molecule has 0 N–H and O–H groups in total. The van der Waals surface area contributed by atoms with Gasteiger partial charge in [0, 0.05) is 0 Å². The van der Waals surface area contributed by atoms with E-state index in [2.05, 4.69) is 48.5 Å².